The van der Waals surface area contributed by atoms with Crippen molar-refractivity contribution >= 4 is 27.7 Å². The van der Waals surface area contributed by atoms with E-state index < -0.39 is 10.0 Å². The number of pyridine rings is 1. The third kappa shape index (κ3) is 5.99. The molecule has 3 heterocycles. The number of anilines is 1. The van der Waals surface area contributed by atoms with Crippen LogP contribution < -0.4 is 10.0 Å². The third-order valence-corrected chi connectivity index (χ3v) is 7.66. The maximum absolute atomic E-state index is 13.0. The Kier molecular flexibility index (Phi) is 7.60. The highest BCUT2D eigenvalue weighted by molar-refractivity contribution is 7.89. The molecule has 2 aliphatic heterocycles. The van der Waals surface area contributed by atoms with Crippen LogP contribution in [0.1, 0.15) is 41.6 Å². The molecule has 0 unspecified atom stereocenters. The molecule has 2 aromatic rings. The first-order valence-electron chi connectivity index (χ1n) is 11.6. The molecule has 0 aliphatic carbocycles. The van der Waals surface area contributed by atoms with E-state index in [-0.39, 0.29) is 35.3 Å². The molecule has 0 saturated carbocycles. The summed E-state index contributed by atoms with van der Waals surface area (Å²) in [6.45, 7) is 3.65. The van der Waals surface area contributed by atoms with Gasteiger partial charge < -0.3 is 15.0 Å². The number of hydrogen-bond donors (Lipinski definition) is 2. The van der Waals surface area contributed by atoms with Crippen LogP contribution in [0.15, 0.2) is 47.5 Å². The number of hydrogen-bond acceptors (Lipinski definition) is 6. The average molecular weight is 487 g/mol. The fourth-order valence-corrected chi connectivity index (χ4v) is 5.36. The fourth-order valence-electron chi connectivity index (χ4n) is 4.25. The van der Waals surface area contributed by atoms with Crippen LogP contribution in [0.3, 0.4) is 0 Å². The van der Waals surface area contributed by atoms with Gasteiger partial charge in [0.15, 0.2) is 0 Å². The molecule has 0 bridgehead atoms. The molecule has 1 aromatic carbocycles. The molecular weight excluding hydrogens is 456 g/mol. The largest absolute Gasteiger partial charge is 0.377 e. The minimum atomic E-state index is -3.75. The van der Waals surface area contributed by atoms with Gasteiger partial charge in [0.1, 0.15) is 5.82 Å². The highest BCUT2D eigenvalue weighted by atomic mass is 32.2. The van der Waals surface area contributed by atoms with E-state index in [2.05, 4.69) is 15.0 Å². The molecule has 2 fully saturated rings. The quantitative estimate of drug-likeness (QED) is 0.620. The van der Waals surface area contributed by atoms with Gasteiger partial charge in [-0.2, -0.15) is 0 Å². The van der Waals surface area contributed by atoms with Gasteiger partial charge in [-0.25, -0.2) is 18.1 Å². The summed E-state index contributed by atoms with van der Waals surface area (Å²) in [7, 11) is -3.75. The van der Waals surface area contributed by atoms with Crippen molar-refractivity contribution in [2.75, 3.05) is 31.6 Å². The number of ether oxygens (including phenoxy) is 1. The van der Waals surface area contributed by atoms with Gasteiger partial charge in [0.2, 0.25) is 15.9 Å². The Bertz CT molecular complexity index is 1140. The van der Waals surface area contributed by atoms with Crippen molar-refractivity contribution in [1.29, 1.82) is 0 Å². The van der Waals surface area contributed by atoms with Gasteiger partial charge in [0.25, 0.3) is 5.91 Å². The van der Waals surface area contributed by atoms with Crippen LogP contribution in [-0.2, 0) is 19.6 Å². The average Bonchev–Trinajstić information content (AvgIpc) is 3.36. The number of aryl methyl sites for hydroxylation is 1. The molecule has 1 atom stereocenters. The van der Waals surface area contributed by atoms with Gasteiger partial charge in [-0.3, -0.25) is 9.59 Å². The Balaban J connectivity index is 1.33. The number of nitrogens with zero attached hydrogens (tertiary/aromatic N) is 2. The lowest BCUT2D eigenvalue weighted by Gasteiger charge is -2.31. The zero-order valence-corrected chi connectivity index (χ0v) is 20.0. The van der Waals surface area contributed by atoms with Gasteiger partial charge in [-0.1, -0.05) is 6.07 Å². The zero-order valence-electron chi connectivity index (χ0n) is 19.2. The molecule has 2 saturated heterocycles. The maximum Gasteiger partial charge on any atom is 0.253 e. The van der Waals surface area contributed by atoms with Gasteiger partial charge in [-0.05, 0) is 68.5 Å². The molecule has 9 nitrogen and oxygen atoms in total. The van der Waals surface area contributed by atoms with Gasteiger partial charge in [0.05, 0.1) is 11.0 Å². The number of rotatable bonds is 7. The summed E-state index contributed by atoms with van der Waals surface area (Å²) in [5.74, 6) is -0.0271. The van der Waals surface area contributed by atoms with Gasteiger partial charge in [-0.15, -0.1) is 0 Å². The summed E-state index contributed by atoms with van der Waals surface area (Å²) in [5, 5.41) is 2.85. The van der Waals surface area contributed by atoms with Gasteiger partial charge >= 0.3 is 0 Å². The second kappa shape index (κ2) is 10.6. The molecular formula is C24H30N4O5S. The summed E-state index contributed by atoms with van der Waals surface area (Å²) in [6, 6.07) is 9.74. The Hall–Kier alpha value is -2.82. The lowest BCUT2D eigenvalue weighted by Crippen LogP contribution is -2.41. The number of aromatic nitrogens is 1. The summed E-state index contributed by atoms with van der Waals surface area (Å²) in [6.07, 6.45) is 4.36. The standard InChI is InChI=1S/C24H30N4O5S/c1-17-7-10-25-22(14-17)27-23(29)18-8-11-28(12-9-18)24(30)19-4-2-6-21(15-19)34(31,32)26-16-20-5-3-13-33-20/h2,4,6-7,10,14-15,18,20,26H,3,5,8-9,11-13,16H2,1H3,(H,25,27,29)/t20-/m0/s1. The minimum Gasteiger partial charge on any atom is -0.377 e. The highest BCUT2D eigenvalue weighted by Crippen LogP contribution is 2.22. The molecule has 34 heavy (non-hydrogen) atoms. The highest BCUT2D eigenvalue weighted by Gasteiger charge is 2.29. The predicted octanol–water partition coefficient (Wildman–Crippen LogP) is 2.34. The van der Waals surface area contributed by atoms with E-state index in [1.807, 2.05) is 19.1 Å². The number of nitrogens with one attached hydrogen (secondary N) is 2. The Morgan fingerprint density at radius 3 is 2.65 bits per heavy atom. The van der Waals surface area contributed by atoms with Crippen molar-refractivity contribution in [2.45, 2.75) is 43.6 Å². The Morgan fingerprint density at radius 1 is 1.15 bits per heavy atom. The van der Waals surface area contributed by atoms with E-state index >= 15 is 0 Å². The first-order chi connectivity index (χ1) is 16.3. The topological polar surface area (TPSA) is 118 Å². The fraction of sp³-hybridized carbons (Fsp3) is 0.458. The SMILES string of the molecule is Cc1ccnc(NC(=O)C2CCN(C(=O)c3cccc(S(=O)(=O)NC[C@@H]4CCCO4)c3)CC2)c1. The van der Waals surface area contributed by atoms with Gasteiger partial charge in [0, 0.05) is 43.9 Å². The van der Waals surface area contributed by atoms with Crippen LogP contribution in [0.2, 0.25) is 0 Å². The van der Waals surface area contributed by atoms with Crippen LogP contribution in [-0.4, -0.2) is 62.5 Å². The van der Waals surface area contributed by atoms with E-state index in [0.717, 1.165) is 18.4 Å². The van der Waals surface area contributed by atoms with Crippen molar-refractivity contribution in [1.82, 2.24) is 14.6 Å². The van der Waals surface area contributed by atoms with Crippen LogP contribution in [0.5, 0.6) is 0 Å². The summed E-state index contributed by atoms with van der Waals surface area (Å²) in [5.41, 5.74) is 1.32. The lowest BCUT2D eigenvalue weighted by molar-refractivity contribution is -0.121. The zero-order chi connectivity index (χ0) is 24.1. The second-order valence-corrected chi connectivity index (χ2v) is 10.6. The molecule has 0 radical (unpaired) electrons. The number of carbonyl (C=O) groups excluding carboxylic acids is 2. The lowest BCUT2D eigenvalue weighted by atomic mass is 9.95. The smallest absolute Gasteiger partial charge is 0.253 e. The molecule has 2 amide bonds. The number of amides is 2. The molecule has 0 spiro atoms. The first kappa shape index (κ1) is 24.3. The molecule has 182 valence electrons. The molecule has 1 aromatic heterocycles. The number of benzene rings is 1. The van der Waals surface area contributed by atoms with Crippen molar-refractivity contribution < 1.29 is 22.7 Å². The Labute approximate surface area is 199 Å². The summed E-state index contributed by atoms with van der Waals surface area (Å²) < 4.78 is 33.4. The number of carbonyl (C=O) groups is 2. The van der Waals surface area contributed by atoms with Crippen molar-refractivity contribution in [2.24, 2.45) is 5.92 Å². The Morgan fingerprint density at radius 2 is 1.94 bits per heavy atom. The predicted molar refractivity (Wildman–Crippen MR) is 127 cm³/mol. The van der Waals surface area contributed by atoms with Crippen LogP contribution in [0.4, 0.5) is 5.82 Å². The van der Waals surface area contributed by atoms with Crippen molar-refractivity contribution in [3.63, 3.8) is 0 Å². The van der Waals surface area contributed by atoms with E-state index in [9.17, 15) is 18.0 Å². The van der Waals surface area contributed by atoms with Crippen molar-refractivity contribution in [3.05, 3.63) is 53.7 Å². The minimum absolute atomic E-state index is 0.0521. The molecule has 4 rings (SSSR count). The first-order valence-corrected chi connectivity index (χ1v) is 13.0. The third-order valence-electron chi connectivity index (χ3n) is 6.24. The van der Waals surface area contributed by atoms with Crippen LogP contribution in [0, 0.1) is 12.8 Å². The van der Waals surface area contributed by atoms with Crippen LogP contribution >= 0.6 is 0 Å². The van der Waals surface area contributed by atoms with E-state index in [1.165, 1.54) is 12.1 Å². The monoisotopic (exact) mass is 486 g/mol. The molecule has 10 heteroatoms. The van der Waals surface area contributed by atoms with E-state index in [0.29, 0.717) is 43.9 Å². The second-order valence-electron chi connectivity index (χ2n) is 8.79. The van der Waals surface area contributed by atoms with Crippen molar-refractivity contribution in [3.8, 4) is 0 Å². The van der Waals surface area contributed by atoms with E-state index in [4.69, 9.17) is 4.74 Å². The number of piperidine rings is 1. The number of likely N-dealkylation sites (tertiary alicyclic amines) is 1. The summed E-state index contributed by atoms with van der Waals surface area (Å²) in [4.78, 5) is 31.5. The normalized spacial score (nSPS) is 19.2. The van der Waals surface area contributed by atoms with Crippen LogP contribution in [0.25, 0.3) is 0 Å². The maximum atomic E-state index is 13.0. The molecule has 2 N–H and O–H groups in total. The van der Waals surface area contributed by atoms with E-state index in [1.54, 1.807) is 23.2 Å². The molecule has 2 aliphatic rings. The summed E-state index contributed by atoms with van der Waals surface area (Å²) >= 11 is 0. The number of sulfonamides is 1.